The number of amides is 1. The fourth-order valence-corrected chi connectivity index (χ4v) is 4.41. The number of hydrogen-bond donors (Lipinski definition) is 1. The van der Waals surface area contributed by atoms with Crippen molar-refractivity contribution in [3.05, 3.63) is 64.8 Å². The second kappa shape index (κ2) is 7.67. The first-order valence-electron chi connectivity index (χ1n) is 9.15. The molecule has 144 valence electrons. The van der Waals surface area contributed by atoms with E-state index in [-0.39, 0.29) is 11.7 Å². The van der Waals surface area contributed by atoms with E-state index in [1.165, 1.54) is 17.8 Å². The number of thioether (sulfide) groups is 1. The van der Waals surface area contributed by atoms with E-state index in [9.17, 15) is 9.18 Å². The molecule has 0 bridgehead atoms. The van der Waals surface area contributed by atoms with E-state index in [0.717, 1.165) is 16.3 Å². The summed E-state index contributed by atoms with van der Waals surface area (Å²) in [6.07, 6.45) is 0. The Morgan fingerprint density at radius 1 is 1.04 bits per heavy atom. The molecule has 0 aromatic heterocycles. The van der Waals surface area contributed by atoms with Crippen molar-refractivity contribution in [2.45, 2.75) is 6.92 Å². The highest BCUT2D eigenvalue weighted by Gasteiger charge is 2.30. The summed E-state index contributed by atoms with van der Waals surface area (Å²) in [5, 5.41) is 0.725. The Morgan fingerprint density at radius 2 is 1.68 bits per heavy atom. The number of benzene rings is 2. The third-order valence-electron chi connectivity index (χ3n) is 5.01. The van der Waals surface area contributed by atoms with Gasteiger partial charge in [-0.1, -0.05) is 24.3 Å². The smallest absolute Gasteiger partial charge is 0.286 e. The van der Waals surface area contributed by atoms with Crippen LogP contribution in [-0.4, -0.2) is 42.2 Å². The largest absolute Gasteiger partial charge is 0.399 e. The molecule has 7 heteroatoms. The standard InChI is InChI=1S/C21H21FN4OS/c1-14(15-6-8-16(23)9-7-15)19-20(27)24-21(28-19)26-12-10-25(11-13-26)18-5-3-2-4-17(18)22/h2-9H,10-13,23H2,1H3/b19-14-. The molecule has 0 unspecified atom stereocenters. The minimum absolute atomic E-state index is 0.203. The fraction of sp³-hybridized carbons (Fsp3) is 0.238. The molecule has 5 nitrogen and oxygen atoms in total. The lowest BCUT2D eigenvalue weighted by atomic mass is 10.1. The number of carbonyl (C=O) groups excluding carboxylic acids is 1. The summed E-state index contributed by atoms with van der Waals surface area (Å²) in [5.41, 5.74) is 8.93. The molecule has 0 atom stereocenters. The Balaban J connectivity index is 1.45. The number of nitrogens with two attached hydrogens (primary N) is 1. The predicted molar refractivity (Wildman–Crippen MR) is 114 cm³/mol. The van der Waals surface area contributed by atoms with Crippen molar-refractivity contribution in [3.8, 4) is 0 Å². The second-order valence-electron chi connectivity index (χ2n) is 6.80. The Morgan fingerprint density at radius 3 is 2.36 bits per heavy atom. The lowest BCUT2D eigenvalue weighted by Crippen LogP contribution is -2.48. The van der Waals surface area contributed by atoms with Crippen LogP contribution in [0.15, 0.2) is 58.4 Å². The number of para-hydroxylation sites is 1. The lowest BCUT2D eigenvalue weighted by molar-refractivity contribution is -0.113. The molecule has 0 radical (unpaired) electrons. The van der Waals surface area contributed by atoms with E-state index in [1.54, 1.807) is 12.1 Å². The van der Waals surface area contributed by atoms with Gasteiger partial charge < -0.3 is 15.5 Å². The van der Waals surface area contributed by atoms with Crippen LogP contribution in [0, 0.1) is 5.82 Å². The highest BCUT2D eigenvalue weighted by molar-refractivity contribution is 8.18. The Hall–Kier alpha value is -2.80. The van der Waals surface area contributed by atoms with Gasteiger partial charge in [0, 0.05) is 31.9 Å². The number of halogens is 1. The number of piperazine rings is 1. The average molecular weight is 396 g/mol. The van der Waals surface area contributed by atoms with Gasteiger partial charge in [-0.3, -0.25) is 4.79 Å². The molecule has 1 fully saturated rings. The first kappa shape index (κ1) is 18.6. The molecule has 2 aromatic rings. The van der Waals surface area contributed by atoms with Gasteiger partial charge in [0.05, 0.1) is 10.6 Å². The topological polar surface area (TPSA) is 61.9 Å². The van der Waals surface area contributed by atoms with Crippen LogP contribution < -0.4 is 10.6 Å². The maximum Gasteiger partial charge on any atom is 0.286 e. The van der Waals surface area contributed by atoms with Crippen molar-refractivity contribution in [2.75, 3.05) is 36.8 Å². The van der Waals surface area contributed by atoms with Gasteiger partial charge in [-0.15, -0.1) is 0 Å². The van der Waals surface area contributed by atoms with E-state index >= 15 is 0 Å². The maximum absolute atomic E-state index is 14.0. The van der Waals surface area contributed by atoms with E-state index < -0.39 is 0 Å². The van der Waals surface area contributed by atoms with Gasteiger partial charge in [0.1, 0.15) is 5.82 Å². The molecule has 2 heterocycles. The minimum Gasteiger partial charge on any atom is -0.399 e. The van der Waals surface area contributed by atoms with Crippen LogP contribution in [0.1, 0.15) is 12.5 Å². The maximum atomic E-state index is 14.0. The molecule has 0 saturated carbocycles. The number of allylic oxidation sites excluding steroid dienone is 1. The predicted octanol–water partition coefficient (Wildman–Crippen LogP) is 3.59. The van der Waals surface area contributed by atoms with Crippen molar-refractivity contribution in [1.29, 1.82) is 0 Å². The molecule has 2 aromatic carbocycles. The number of amidine groups is 1. The van der Waals surface area contributed by atoms with Crippen LogP contribution in [0.3, 0.4) is 0 Å². The monoisotopic (exact) mass is 396 g/mol. The number of aliphatic imine (C=N–C) groups is 1. The molecule has 1 amide bonds. The minimum atomic E-state index is -0.206. The summed E-state index contributed by atoms with van der Waals surface area (Å²) in [5.74, 6) is -0.408. The second-order valence-corrected chi connectivity index (χ2v) is 7.78. The van der Waals surface area contributed by atoms with Crippen LogP contribution >= 0.6 is 11.8 Å². The van der Waals surface area contributed by atoms with Crippen LogP contribution in [-0.2, 0) is 4.79 Å². The first-order chi connectivity index (χ1) is 13.5. The van der Waals surface area contributed by atoms with Gasteiger partial charge in [-0.05, 0) is 54.1 Å². The normalized spacial score (nSPS) is 19.1. The van der Waals surface area contributed by atoms with Crippen LogP contribution in [0.2, 0.25) is 0 Å². The zero-order valence-electron chi connectivity index (χ0n) is 15.6. The van der Waals surface area contributed by atoms with Gasteiger partial charge >= 0.3 is 0 Å². The van der Waals surface area contributed by atoms with E-state index in [4.69, 9.17) is 5.73 Å². The first-order valence-corrected chi connectivity index (χ1v) is 9.96. The quantitative estimate of drug-likeness (QED) is 0.621. The number of nitrogen functional groups attached to an aromatic ring is 1. The molecule has 2 N–H and O–H groups in total. The summed E-state index contributed by atoms with van der Waals surface area (Å²) >= 11 is 1.41. The fourth-order valence-electron chi connectivity index (χ4n) is 3.38. The van der Waals surface area contributed by atoms with Crippen molar-refractivity contribution < 1.29 is 9.18 Å². The van der Waals surface area contributed by atoms with Crippen LogP contribution in [0.25, 0.3) is 5.57 Å². The molecule has 4 rings (SSSR count). The van der Waals surface area contributed by atoms with Gasteiger partial charge in [-0.2, -0.15) is 4.99 Å². The number of rotatable bonds is 2. The summed E-state index contributed by atoms with van der Waals surface area (Å²) in [6.45, 7) is 4.69. The van der Waals surface area contributed by atoms with E-state index in [0.29, 0.717) is 42.5 Å². The van der Waals surface area contributed by atoms with E-state index in [1.807, 2.05) is 42.2 Å². The van der Waals surface area contributed by atoms with Gasteiger partial charge in [-0.25, -0.2) is 4.39 Å². The number of carbonyl (C=O) groups is 1. The Bertz CT molecular complexity index is 963. The van der Waals surface area contributed by atoms with Crippen molar-refractivity contribution in [1.82, 2.24) is 4.90 Å². The van der Waals surface area contributed by atoms with E-state index in [2.05, 4.69) is 9.89 Å². The lowest BCUT2D eigenvalue weighted by Gasteiger charge is -2.36. The number of anilines is 2. The highest BCUT2D eigenvalue weighted by Crippen LogP contribution is 2.35. The molecule has 2 aliphatic heterocycles. The molecule has 0 spiro atoms. The Labute approximate surface area is 167 Å². The SMILES string of the molecule is C/C(=C1/SC(N2CCN(c3ccccc3F)CC2)=NC1=O)c1ccc(N)cc1. The number of nitrogens with zero attached hydrogens (tertiary/aromatic N) is 3. The molecule has 28 heavy (non-hydrogen) atoms. The molecular formula is C21H21FN4OS. The van der Waals surface area contributed by atoms with Gasteiger partial charge in [0.25, 0.3) is 5.91 Å². The van der Waals surface area contributed by atoms with Gasteiger partial charge in [0.15, 0.2) is 5.17 Å². The third kappa shape index (κ3) is 3.62. The Kier molecular flexibility index (Phi) is 5.09. The summed E-state index contributed by atoms with van der Waals surface area (Å²) in [7, 11) is 0. The van der Waals surface area contributed by atoms with Crippen LogP contribution in [0.5, 0.6) is 0 Å². The third-order valence-corrected chi connectivity index (χ3v) is 6.23. The van der Waals surface area contributed by atoms with Crippen LogP contribution in [0.4, 0.5) is 15.8 Å². The molecular weight excluding hydrogens is 375 g/mol. The molecule has 2 aliphatic rings. The zero-order chi connectivity index (χ0) is 19.7. The molecule has 1 saturated heterocycles. The van der Waals surface area contributed by atoms with Gasteiger partial charge in [0.2, 0.25) is 0 Å². The zero-order valence-corrected chi connectivity index (χ0v) is 16.4. The summed E-state index contributed by atoms with van der Waals surface area (Å²) in [4.78, 5) is 21.5. The van der Waals surface area contributed by atoms with Crippen molar-refractivity contribution in [3.63, 3.8) is 0 Å². The van der Waals surface area contributed by atoms with Crippen molar-refractivity contribution >= 4 is 39.8 Å². The highest BCUT2D eigenvalue weighted by atomic mass is 32.2. The molecule has 0 aliphatic carbocycles. The average Bonchev–Trinajstić information content (AvgIpc) is 3.10. The summed E-state index contributed by atoms with van der Waals surface area (Å²) < 4.78 is 14.0. The van der Waals surface area contributed by atoms with Crippen molar-refractivity contribution in [2.24, 2.45) is 4.99 Å². The number of hydrogen-bond acceptors (Lipinski definition) is 5. The summed E-state index contributed by atoms with van der Waals surface area (Å²) in [6, 6.07) is 14.3.